The quantitative estimate of drug-likeness (QED) is 0.778. The Morgan fingerprint density at radius 2 is 2.06 bits per heavy atom. The van der Waals surface area contributed by atoms with Gasteiger partial charge in [0.15, 0.2) is 0 Å². The molecule has 2 nitrogen and oxygen atoms in total. The number of benzene rings is 1. The second kappa shape index (κ2) is 6.15. The van der Waals surface area contributed by atoms with Crippen molar-refractivity contribution in [2.45, 2.75) is 12.6 Å². The first-order valence-electron chi connectivity index (χ1n) is 5.42. The van der Waals surface area contributed by atoms with Crippen LogP contribution in [-0.2, 0) is 11.3 Å². The van der Waals surface area contributed by atoms with Crippen LogP contribution in [0.1, 0.15) is 5.56 Å². The standard InChI is InChI=1S/C12H15Br2NO/c13-7-12-9-16-6-5-15(12)8-10-1-3-11(14)4-2-10/h1-4,12H,5-9H2. The predicted octanol–water partition coefficient (Wildman–Crippen LogP) is 3.04. The number of hydrogen-bond donors (Lipinski definition) is 0. The molecule has 0 aliphatic carbocycles. The first-order chi connectivity index (χ1) is 7.79. The molecule has 1 aromatic rings. The monoisotopic (exact) mass is 347 g/mol. The molecule has 0 spiro atoms. The van der Waals surface area contributed by atoms with Crippen LogP contribution in [-0.4, -0.2) is 36.0 Å². The summed E-state index contributed by atoms with van der Waals surface area (Å²) in [4.78, 5) is 2.47. The zero-order valence-electron chi connectivity index (χ0n) is 9.03. The van der Waals surface area contributed by atoms with Crippen LogP contribution >= 0.6 is 31.9 Å². The second-order valence-electron chi connectivity index (χ2n) is 3.98. The fourth-order valence-corrected chi connectivity index (χ4v) is 2.72. The molecule has 0 amide bonds. The maximum Gasteiger partial charge on any atom is 0.0630 e. The fraction of sp³-hybridized carbons (Fsp3) is 0.500. The van der Waals surface area contributed by atoms with Gasteiger partial charge >= 0.3 is 0 Å². The van der Waals surface area contributed by atoms with Gasteiger partial charge in [0.2, 0.25) is 0 Å². The summed E-state index contributed by atoms with van der Waals surface area (Å²) >= 11 is 7.00. The molecule has 4 heteroatoms. The molecule has 1 heterocycles. The lowest BCUT2D eigenvalue weighted by Crippen LogP contribution is -2.45. The Labute approximate surface area is 113 Å². The van der Waals surface area contributed by atoms with Crippen LogP contribution in [0.2, 0.25) is 0 Å². The molecule has 0 bridgehead atoms. The summed E-state index contributed by atoms with van der Waals surface area (Å²) < 4.78 is 6.62. The van der Waals surface area contributed by atoms with E-state index in [1.54, 1.807) is 0 Å². The minimum absolute atomic E-state index is 0.498. The summed E-state index contributed by atoms with van der Waals surface area (Å²) in [5.41, 5.74) is 1.36. The SMILES string of the molecule is BrCC1COCCN1Cc1ccc(Br)cc1. The van der Waals surface area contributed by atoms with Crippen LogP contribution < -0.4 is 0 Å². The number of halogens is 2. The normalized spacial score (nSPS) is 22.2. The molecule has 2 rings (SSSR count). The van der Waals surface area contributed by atoms with Crippen molar-refractivity contribution in [3.05, 3.63) is 34.3 Å². The van der Waals surface area contributed by atoms with Crippen LogP contribution in [0.4, 0.5) is 0 Å². The fourth-order valence-electron chi connectivity index (χ4n) is 1.86. The van der Waals surface area contributed by atoms with Crippen molar-refractivity contribution < 1.29 is 4.74 Å². The average Bonchev–Trinajstić information content (AvgIpc) is 2.33. The van der Waals surface area contributed by atoms with E-state index in [4.69, 9.17) is 4.74 Å². The number of hydrogen-bond acceptors (Lipinski definition) is 2. The van der Waals surface area contributed by atoms with Crippen molar-refractivity contribution in [3.8, 4) is 0 Å². The van der Waals surface area contributed by atoms with E-state index < -0.39 is 0 Å². The third-order valence-electron chi connectivity index (χ3n) is 2.83. The highest BCUT2D eigenvalue weighted by Gasteiger charge is 2.21. The van der Waals surface area contributed by atoms with Gasteiger partial charge in [0.05, 0.1) is 13.2 Å². The minimum Gasteiger partial charge on any atom is -0.378 e. The Kier molecular flexibility index (Phi) is 4.82. The van der Waals surface area contributed by atoms with Gasteiger partial charge in [-0.15, -0.1) is 0 Å². The van der Waals surface area contributed by atoms with Gasteiger partial charge in [-0.05, 0) is 17.7 Å². The highest BCUT2D eigenvalue weighted by Crippen LogP contribution is 2.16. The van der Waals surface area contributed by atoms with Crippen molar-refractivity contribution in [2.24, 2.45) is 0 Å². The summed E-state index contributed by atoms with van der Waals surface area (Å²) in [5.74, 6) is 0. The summed E-state index contributed by atoms with van der Waals surface area (Å²) in [5, 5.41) is 0.976. The maximum atomic E-state index is 5.48. The average molecular weight is 349 g/mol. The number of alkyl halides is 1. The van der Waals surface area contributed by atoms with Crippen molar-refractivity contribution in [3.63, 3.8) is 0 Å². The molecule has 0 N–H and O–H groups in total. The summed E-state index contributed by atoms with van der Waals surface area (Å²) in [6.07, 6.45) is 0. The first kappa shape index (κ1) is 12.6. The van der Waals surface area contributed by atoms with Gasteiger partial charge in [-0.1, -0.05) is 44.0 Å². The highest BCUT2D eigenvalue weighted by atomic mass is 79.9. The van der Waals surface area contributed by atoms with Crippen LogP contribution in [0.3, 0.4) is 0 Å². The van der Waals surface area contributed by atoms with E-state index in [9.17, 15) is 0 Å². The lowest BCUT2D eigenvalue weighted by atomic mass is 10.1. The van der Waals surface area contributed by atoms with E-state index in [-0.39, 0.29) is 0 Å². The first-order valence-corrected chi connectivity index (χ1v) is 7.33. The maximum absolute atomic E-state index is 5.48. The molecule has 1 fully saturated rings. The largest absolute Gasteiger partial charge is 0.378 e. The molecule has 1 aromatic carbocycles. The molecule has 1 aliphatic heterocycles. The number of nitrogens with zero attached hydrogens (tertiary/aromatic N) is 1. The number of rotatable bonds is 3. The summed E-state index contributed by atoms with van der Waals surface area (Å²) in [7, 11) is 0. The Hall–Kier alpha value is 0.100. The highest BCUT2D eigenvalue weighted by molar-refractivity contribution is 9.10. The van der Waals surface area contributed by atoms with Crippen LogP contribution in [0.5, 0.6) is 0 Å². The Morgan fingerprint density at radius 1 is 1.31 bits per heavy atom. The molecule has 16 heavy (non-hydrogen) atoms. The van der Waals surface area contributed by atoms with E-state index in [1.807, 2.05) is 0 Å². The number of morpholine rings is 1. The third kappa shape index (κ3) is 3.29. The lowest BCUT2D eigenvalue weighted by Gasteiger charge is -2.34. The lowest BCUT2D eigenvalue weighted by molar-refractivity contribution is -0.00212. The molecule has 1 unspecified atom stereocenters. The predicted molar refractivity (Wildman–Crippen MR) is 73.0 cm³/mol. The molecular weight excluding hydrogens is 334 g/mol. The molecule has 88 valence electrons. The molecule has 1 atom stereocenters. The van der Waals surface area contributed by atoms with E-state index in [0.29, 0.717) is 6.04 Å². The van der Waals surface area contributed by atoms with Gasteiger partial charge in [-0.25, -0.2) is 0 Å². The van der Waals surface area contributed by atoms with E-state index >= 15 is 0 Å². The zero-order chi connectivity index (χ0) is 11.4. The Balaban J connectivity index is 1.99. The Bertz CT molecular complexity index is 328. The van der Waals surface area contributed by atoms with Crippen molar-refractivity contribution >= 4 is 31.9 Å². The van der Waals surface area contributed by atoms with Gasteiger partial charge in [-0.2, -0.15) is 0 Å². The summed E-state index contributed by atoms with van der Waals surface area (Å²) in [6.45, 7) is 3.71. The Morgan fingerprint density at radius 3 is 2.75 bits per heavy atom. The molecule has 1 saturated heterocycles. The second-order valence-corrected chi connectivity index (χ2v) is 5.54. The third-order valence-corrected chi connectivity index (χ3v) is 4.10. The van der Waals surface area contributed by atoms with Crippen LogP contribution in [0.15, 0.2) is 28.7 Å². The zero-order valence-corrected chi connectivity index (χ0v) is 12.2. The molecule has 0 aromatic heterocycles. The van der Waals surface area contributed by atoms with Crippen molar-refractivity contribution in [1.29, 1.82) is 0 Å². The molecule has 0 saturated carbocycles. The van der Waals surface area contributed by atoms with E-state index in [1.165, 1.54) is 5.56 Å². The van der Waals surface area contributed by atoms with E-state index in [2.05, 4.69) is 61.0 Å². The van der Waals surface area contributed by atoms with Crippen molar-refractivity contribution in [2.75, 3.05) is 25.1 Å². The van der Waals surface area contributed by atoms with Gasteiger partial charge in [0.1, 0.15) is 0 Å². The topological polar surface area (TPSA) is 12.5 Å². The smallest absolute Gasteiger partial charge is 0.0630 e. The van der Waals surface area contributed by atoms with Crippen LogP contribution in [0, 0.1) is 0 Å². The van der Waals surface area contributed by atoms with Gasteiger partial charge in [0.25, 0.3) is 0 Å². The van der Waals surface area contributed by atoms with Gasteiger partial charge in [0, 0.05) is 28.9 Å². The minimum atomic E-state index is 0.498. The van der Waals surface area contributed by atoms with Crippen molar-refractivity contribution in [1.82, 2.24) is 4.90 Å². The van der Waals surface area contributed by atoms with Gasteiger partial charge < -0.3 is 4.74 Å². The summed E-state index contributed by atoms with van der Waals surface area (Å²) in [6, 6.07) is 9.03. The van der Waals surface area contributed by atoms with E-state index in [0.717, 1.165) is 36.1 Å². The van der Waals surface area contributed by atoms with Crippen LogP contribution in [0.25, 0.3) is 0 Å². The molecule has 0 radical (unpaired) electrons. The van der Waals surface area contributed by atoms with Gasteiger partial charge in [-0.3, -0.25) is 4.90 Å². The molecular formula is C12H15Br2NO. The molecule has 1 aliphatic rings. The number of ether oxygens (including phenoxy) is 1.